The van der Waals surface area contributed by atoms with Gasteiger partial charge in [-0.25, -0.2) is 0 Å². The standard InChI is InChI=1S/C20H21NO4/c1-14-7-3-5-9-16(14)24-12-19(22)21-13-20(2,23)18-11-15-8-4-6-10-17(15)25-18/h3-11,23H,12-13H2,1-2H3,(H,21,22). The summed E-state index contributed by atoms with van der Waals surface area (Å²) in [5.41, 5.74) is 0.355. The summed E-state index contributed by atoms with van der Waals surface area (Å²) in [5.74, 6) is 0.773. The van der Waals surface area contributed by atoms with Gasteiger partial charge < -0.3 is 19.6 Å². The molecule has 5 nitrogen and oxygen atoms in total. The molecule has 5 heteroatoms. The lowest BCUT2D eigenvalue weighted by molar-refractivity contribution is -0.124. The minimum Gasteiger partial charge on any atom is -0.484 e. The van der Waals surface area contributed by atoms with Crippen molar-refractivity contribution in [3.05, 3.63) is 65.9 Å². The predicted molar refractivity (Wildman–Crippen MR) is 95.5 cm³/mol. The smallest absolute Gasteiger partial charge is 0.258 e. The minimum absolute atomic E-state index is 0.0305. The summed E-state index contributed by atoms with van der Waals surface area (Å²) >= 11 is 0. The topological polar surface area (TPSA) is 71.7 Å². The van der Waals surface area contributed by atoms with Crippen LogP contribution in [0.4, 0.5) is 0 Å². The fourth-order valence-corrected chi connectivity index (χ4v) is 2.52. The molecule has 0 bridgehead atoms. The highest BCUT2D eigenvalue weighted by Crippen LogP contribution is 2.27. The Bertz CT molecular complexity index is 849. The van der Waals surface area contributed by atoms with Gasteiger partial charge in [-0.15, -0.1) is 0 Å². The molecule has 130 valence electrons. The van der Waals surface area contributed by atoms with Gasteiger partial charge in [-0.05, 0) is 37.6 Å². The Morgan fingerprint density at radius 3 is 2.68 bits per heavy atom. The van der Waals surface area contributed by atoms with Crippen LogP contribution in [0.1, 0.15) is 18.2 Å². The molecular weight excluding hydrogens is 318 g/mol. The van der Waals surface area contributed by atoms with Crippen molar-refractivity contribution in [2.45, 2.75) is 19.4 Å². The molecule has 0 saturated heterocycles. The second-order valence-electron chi connectivity index (χ2n) is 6.25. The number of para-hydroxylation sites is 2. The summed E-state index contributed by atoms with van der Waals surface area (Å²) in [6.07, 6.45) is 0. The van der Waals surface area contributed by atoms with E-state index in [9.17, 15) is 9.90 Å². The lowest BCUT2D eigenvalue weighted by Crippen LogP contribution is -2.40. The van der Waals surface area contributed by atoms with Crippen LogP contribution in [0.25, 0.3) is 11.0 Å². The summed E-state index contributed by atoms with van der Waals surface area (Å²) < 4.78 is 11.2. The largest absolute Gasteiger partial charge is 0.484 e. The zero-order valence-corrected chi connectivity index (χ0v) is 14.3. The first-order valence-electron chi connectivity index (χ1n) is 8.12. The average Bonchev–Trinajstić information content (AvgIpc) is 3.04. The van der Waals surface area contributed by atoms with Crippen LogP contribution in [0.15, 0.2) is 59.0 Å². The molecule has 0 saturated carbocycles. The van der Waals surface area contributed by atoms with Gasteiger partial charge in [0.25, 0.3) is 5.91 Å². The number of benzene rings is 2. The Kier molecular flexibility index (Phi) is 4.76. The lowest BCUT2D eigenvalue weighted by atomic mass is 10.0. The Labute approximate surface area is 146 Å². The summed E-state index contributed by atoms with van der Waals surface area (Å²) in [5, 5.41) is 14.2. The molecular formula is C20H21NO4. The first kappa shape index (κ1) is 17.0. The van der Waals surface area contributed by atoms with E-state index >= 15 is 0 Å². The monoisotopic (exact) mass is 339 g/mol. The third-order valence-corrected chi connectivity index (χ3v) is 4.04. The average molecular weight is 339 g/mol. The Morgan fingerprint density at radius 2 is 1.92 bits per heavy atom. The quantitative estimate of drug-likeness (QED) is 0.724. The maximum absolute atomic E-state index is 12.0. The second-order valence-corrected chi connectivity index (χ2v) is 6.25. The molecule has 25 heavy (non-hydrogen) atoms. The molecule has 3 rings (SSSR count). The van der Waals surface area contributed by atoms with E-state index in [1.54, 1.807) is 13.0 Å². The number of carbonyl (C=O) groups excluding carboxylic acids is 1. The molecule has 0 aliphatic rings. The van der Waals surface area contributed by atoms with Crippen LogP contribution in [0.3, 0.4) is 0 Å². The van der Waals surface area contributed by atoms with E-state index in [1.807, 2.05) is 55.5 Å². The van der Waals surface area contributed by atoms with Gasteiger partial charge in [0, 0.05) is 5.39 Å². The number of aryl methyl sites for hydroxylation is 1. The highest BCUT2D eigenvalue weighted by molar-refractivity contribution is 5.79. The number of amides is 1. The van der Waals surface area contributed by atoms with Gasteiger partial charge in [-0.2, -0.15) is 0 Å². The van der Waals surface area contributed by atoms with Crippen molar-refractivity contribution >= 4 is 16.9 Å². The van der Waals surface area contributed by atoms with E-state index < -0.39 is 5.60 Å². The normalized spacial score (nSPS) is 13.4. The molecule has 1 aromatic heterocycles. The van der Waals surface area contributed by atoms with Crippen molar-refractivity contribution < 1.29 is 19.1 Å². The summed E-state index contributed by atoms with van der Waals surface area (Å²) in [7, 11) is 0. The maximum Gasteiger partial charge on any atom is 0.258 e. The third kappa shape index (κ3) is 4.00. The van der Waals surface area contributed by atoms with Gasteiger partial charge in [0.1, 0.15) is 22.7 Å². The fourth-order valence-electron chi connectivity index (χ4n) is 2.52. The lowest BCUT2D eigenvalue weighted by Gasteiger charge is -2.21. The first-order chi connectivity index (χ1) is 12.0. The molecule has 1 atom stereocenters. The van der Waals surface area contributed by atoms with Gasteiger partial charge in [-0.1, -0.05) is 36.4 Å². The van der Waals surface area contributed by atoms with Crippen molar-refractivity contribution in [3.8, 4) is 5.75 Å². The van der Waals surface area contributed by atoms with Crippen molar-refractivity contribution in [2.75, 3.05) is 13.2 Å². The fraction of sp³-hybridized carbons (Fsp3) is 0.250. The van der Waals surface area contributed by atoms with Gasteiger partial charge in [-0.3, -0.25) is 4.79 Å². The maximum atomic E-state index is 12.0. The van der Waals surface area contributed by atoms with Gasteiger partial charge in [0.05, 0.1) is 6.54 Å². The molecule has 0 radical (unpaired) electrons. The molecule has 0 aliphatic heterocycles. The van der Waals surface area contributed by atoms with Crippen LogP contribution < -0.4 is 10.1 Å². The van der Waals surface area contributed by atoms with Crippen LogP contribution >= 0.6 is 0 Å². The number of hydrogen-bond acceptors (Lipinski definition) is 4. The number of rotatable bonds is 6. The van der Waals surface area contributed by atoms with Crippen molar-refractivity contribution in [2.24, 2.45) is 0 Å². The molecule has 2 N–H and O–H groups in total. The highest BCUT2D eigenvalue weighted by Gasteiger charge is 2.28. The Balaban J connectivity index is 1.58. The van der Waals surface area contributed by atoms with E-state index in [-0.39, 0.29) is 19.1 Å². The summed E-state index contributed by atoms with van der Waals surface area (Å²) in [6, 6.07) is 16.8. The van der Waals surface area contributed by atoms with Crippen LogP contribution in [0.5, 0.6) is 5.75 Å². The number of carbonyl (C=O) groups is 1. The van der Waals surface area contributed by atoms with Crippen molar-refractivity contribution in [1.29, 1.82) is 0 Å². The number of aliphatic hydroxyl groups is 1. The van der Waals surface area contributed by atoms with Crippen LogP contribution in [0, 0.1) is 6.92 Å². The van der Waals surface area contributed by atoms with Crippen LogP contribution in [-0.2, 0) is 10.4 Å². The molecule has 0 spiro atoms. The molecule has 0 aliphatic carbocycles. The van der Waals surface area contributed by atoms with Gasteiger partial charge in [0.15, 0.2) is 6.61 Å². The molecule has 1 amide bonds. The predicted octanol–water partition coefficient (Wildman–Crippen LogP) is 3.14. The molecule has 0 fully saturated rings. The van der Waals surface area contributed by atoms with Crippen molar-refractivity contribution in [1.82, 2.24) is 5.32 Å². The number of furan rings is 1. The SMILES string of the molecule is Cc1ccccc1OCC(=O)NCC(C)(O)c1cc2ccccc2o1. The zero-order valence-electron chi connectivity index (χ0n) is 14.3. The molecule has 1 heterocycles. The van der Waals surface area contributed by atoms with Crippen LogP contribution in [-0.4, -0.2) is 24.2 Å². The van der Waals surface area contributed by atoms with E-state index in [1.165, 1.54) is 0 Å². The molecule has 3 aromatic rings. The highest BCUT2D eigenvalue weighted by atomic mass is 16.5. The molecule has 1 unspecified atom stereocenters. The van der Waals surface area contributed by atoms with Gasteiger partial charge >= 0.3 is 0 Å². The Morgan fingerprint density at radius 1 is 1.20 bits per heavy atom. The number of hydrogen-bond donors (Lipinski definition) is 2. The van der Waals surface area contributed by atoms with Gasteiger partial charge in [0.2, 0.25) is 0 Å². The van der Waals surface area contributed by atoms with E-state index in [0.29, 0.717) is 17.1 Å². The number of ether oxygens (including phenoxy) is 1. The van der Waals surface area contributed by atoms with E-state index in [4.69, 9.17) is 9.15 Å². The van der Waals surface area contributed by atoms with Crippen LogP contribution in [0.2, 0.25) is 0 Å². The number of nitrogens with one attached hydrogen (secondary N) is 1. The summed E-state index contributed by atoms with van der Waals surface area (Å²) in [4.78, 5) is 12.0. The minimum atomic E-state index is -1.31. The Hall–Kier alpha value is -2.79. The first-order valence-corrected chi connectivity index (χ1v) is 8.12. The van der Waals surface area contributed by atoms with Crippen molar-refractivity contribution in [3.63, 3.8) is 0 Å². The second kappa shape index (κ2) is 6.99. The number of fused-ring (bicyclic) bond motifs is 1. The zero-order chi connectivity index (χ0) is 17.9. The summed E-state index contributed by atoms with van der Waals surface area (Å²) in [6.45, 7) is 3.44. The third-order valence-electron chi connectivity index (χ3n) is 4.04. The van der Waals surface area contributed by atoms with E-state index in [2.05, 4.69) is 5.32 Å². The molecule has 2 aromatic carbocycles. The van der Waals surface area contributed by atoms with E-state index in [0.717, 1.165) is 10.9 Å².